The first kappa shape index (κ1) is 31.5. The van der Waals surface area contributed by atoms with Gasteiger partial charge in [-0.2, -0.15) is 0 Å². The summed E-state index contributed by atoms with van der Waals surface area (Å²) in [6.07, 6.45) is 27.1. The molecule has 39 heavy (non-hydrogen) atoms. The van der Waals surface area contributed by atoms with Crippen LogP contribution in [-0.4, -0.2) is 42.1 Å². The Labute approximate surface area is 237 Å². The molecule has 1 aromatic heterocycles. The minimum Gasteiger partial charge on any atom is -0.465 e. The van der Waals surface area contributed by atoms with Gasteiger partial charge in [0.25, 0.3) is 11.9 Å². The molecule has 0 aromatic carbocycles. The summed E-state index contributed by atoms with van der Waals surface area (Å²) >= 11 is 0. The van der Waals surface area contributed by atoms with Gasteiger partial charge in [-0.3, -0.25) is 4.79 Å². The second kappa shape index (κ2) is 19.2. The van der Waals surface area contributed by atoms with Gasteiger partial charge >= 0.3 is 5.97 Å². The van der Waals surface area contributed by atoms with Crippen molar-refractivity contribution in [1.82, 2.24) is 4.90 Å². The summed E-state index contributed by atoms with van der Waals surface area (Å²) < 4.78 is 16.7. The number of carbonyl (C=O) groups is 2. The third-order valence-corrected chi connectivity index (χ3v) is 8.58. The number of nitrogens with zero attached hydrogens (tertiary/aromatic N) is 1. The Morgan fingerprint density at radius 2 is 1.26 bits per heavy atom. The lowest BCUT2D eigenvalue weighted by molar-refractivity contribution is -0.141. The fourth-order valence-electron chi connectivity index (χ4n) is 6.32. The molecule has 3 rings (SSSR count). The molecule has 1 heterocycles. The largest absolute Gasteiger partial charge is 0.465 e. The maximum Gasteiger partial charge on any atom is 0.374 e. The molecule has 0 saturated heterocycles. The van der Waals surface area contributed by atoms with E-state index < -0.39 is 5.97 Å². The summed E-state index contributed by atoms with van der Waals surface area (Å²) in [5.74, 6) is -0.232. The van der Waals surface area contributed by atoms with Crippen LogP contribution in [0.3, 0.4) is 0 Å². The molecule has 2 aliphatic carbocycles. The lowest BCUT2D eigenvalue weighted by Crippen LogP contribution is -2.50. The van der Waals surface area contributed by atoms with Gasteiger partial charge < -0.3 is 18.8 Å². The van der Waals surface area contributed by atoms with Gasteiger partial charge in [0.2, 0.25) is 5.76 Å². The van der Waals surface area contributed by atoms with Crippen LogP contribution >= 0.6 is 0 Å². The van der Waals surface area contributed by atoms with Crippen molar-refractivity contribution < 1.29 is 23.5 Å². The second-order valence-corrected chi connectivity index (χ2v) is 11.8. The molecule has 1 aromatic rings. The van der Waals surface area contributed by atoms with E-state index in [1.54, 1.807) is 12.1 Å². The number of amides is 1. The number of unbranched alkanes of at least 4 members (excludes halogenated alkanes) is 11. The Bertz CT molecular complexity index is 776. The van der Waals surface area contributed by atoms with E-state index in [0.29, 0.717) is 12.6 Å². The average molecular weight is 546 g/mol. The Kier molecular flexibility index (Phi) is 15.5. The van der Waals surface area contributed by atoms with Crippen LogP contribution in [0.1, 0.15) is 159 Å². The van der Waals surface area contributed by atoms with Gasteiger partial charge in [0.15, 0.2) is 6.61 Å². The average Bonchev–Trinajstić information content (AvgIpc) is 3.45. The number of carbonyl (C=O) groups excluding carboxylic acids is 2. The standard InChI is InChI=1S/C33H55NO5/c1-2-3-4-5-6-7-8-9-10-11-12-19-26-37-32-25-24-30(39-32)33(36)38-27-31(35)34(28-20-15-13-16-21-28)29-22-17-14-18-23-29/h24-25,28-29H,2-23,26-27H2,1H3. The van der Waals surface area contributed by atoms with Crippen LogP contribution in [-0.2, 0) is 9.53 Å². The predicted octanol–water partition coefficient (Wildman–Crippen LogP) is 9.01. The summed E-state index contributed by atoms with van der Waals surface area (Å²) in [4.78, 5) is 27.9. The summed E-state index contributed by atoms with van der Waals surface area (Å²) in [7, 11) is 0. The van der Waals surface area contributed by atoms with Gasteiger partial charge in [-0.1, -0.05) is 116 Å². The molecule has 0 bridgehead atoms. The van der Waals surface area contributed by atoms with E-state index in [0.717, 1.165) is 38.5 Å². The van der Waals surface area contributed by atoms with Gasteiger partial charge in [0, 0.05) is 18.2 Å². The zero-order chi connectivity index (χ0) is 27.5. The highest BCUT2D eigenvalue weighted by Crippen LogP contribution is 2.30. The Balaban J connectivity index is 1.28. The molecular formula is C33H55NO5. The topological polar surface area (TPSA) is 69.0 Å². The van der Waals surface area contributed by atoms with E-state index in [4.69, 9.17) is 13.9 Å². The molecule has 2 aliphatic rings. The minimum absolute atomic E-state index is 0.0582. The zero-order valence-electron chi connectivity index (χ0n) is 24.8. The molecule has 2 fully saturated rings. The van der Waals surface area contributed by atoms with Crippen LogP contribution < -0.4 is 4.74 Å². The van der Waals surface area contributed by atoms with Crippen LogP contribution in [0.4, 0.5) is 0 Å². The maximum atomic E-state index is 13.2. The van der Waals surface area contributed by atoms with E-state index in [1.165, 1.54) is 103 Å². The first-order valence-electron chi connectivity index (χ1n) is 16.4. The quantitative estimate of drug-likeness (QED) is 0.128. The maximum absolute atomic E-state index is 13.2. The second-order valence-electron chi connectivity index (χ2n) is 11.8. The summed E-state index contributed by atoms with van der Waals surface area (Å²) in [6.45, 7) is 2.62. The molecule has 6 heteroatoms. The third kappa shape index (κ3) is 12.0. The number of hydrogen-bond acceptors (Lipinski definition) is 5. The number of rotatable bonds is 19. The smallest absolute Gasteiger partial charge is 0.374 e. The Morgan fingerprint density at radius 1 is 0.744 bits per heavy atom. The van der Waals surface area contributed by atoms with Crippen molar-refractivity contribution in [2.45, 2.75) is 160 Å². The van der Waals surface area contributed by atoms with Gasteiger partial charge in [0.05, 0.1) is 6.61 Å². The summed E-state index contributed by atoms with van der Waals surface area (Å²) in [6, 6.07) is 3.81. The molecule has 222 valence electrons. The molecule has 1 amide bonds. The SMILES string of the molecule is CCCCCCCCCCCCCCOc1ccc(C(=O)OCC(=O)N(C2CCCCC2)C2CCCCC2)o1. The number of hydrogen-bond donors (Lipinski definition) is 0. The Hall–Kier alpha value is -1.98. The first-order chi connectivity index (χ1) is 19.2. The van der Waals surface area contributed by atoms with Crippen LogP contribution in [0, 0.1) is 0 Å². The molecule has 0 unspecified atom stereocenters. The van der Waals surface area contributed by atoms with E-state index >= 15 is 0 Å². The lowest BCUT2D eigenvalue weighted by Gasteiger charge is -2.41. The van der Waals surface area contributed by atoms with E-state index in [2.05, 4.69) is 11.8 Å². The van der Waals surface area contributed by atoms with E-state index in [9.17, 15) is 9.59 Å². The molecule has 2 saturated carbocycles. The van der Waals surface area contributed by atoms with Crippen molar-refractivity contribution in [2.24, 2.45) is 0 Å². The van der Waals surface area contributed by atoms with Crippen molar-refractivity contribution >= 4 is 11.9 Å². The van der Waals surface area contributed by atoms with Crippen molar-refractivity contribution in [3.63, 3.8) is 0 Å². The summed E-state index contributed by atoms with van der Waals surface area (Å²) in [5, 5.41) is 0. The molecule has 0 spiro atoms. The monoisotopic (exact) mass is 545 g/mol. The van der Waals surface area contributed by atoms with Gasteiger partial charge in [-0.15, -0.1) is 0 Å². The highest BCUT2D eigenvalue weighted by Gasteiger charge is 2.33. The fraction of sp³-hybridized carbons (Fsp3) is 0.818. The number of ether oxygens (including phenoxy) is 2. The van der Waals surface area contributed by atoms with E-state index in [-0.39, 0.29) is 30.4 Å². The van der Waals surface area contributed by atoms with Crippen LogP contribution in [0.25, 0.3) is 0 Å². The molecule has 0 N–H and O–H groups in total. The normalized spacial score (nSPS) is 16.7. The lowest BCUT2D eigenvalue weighted by atomic mass is 9.88. The minimum atomic E-state index is -0.601. The van der Waals surface area contributed by atoms with E-state index in [1.807, 2.05) is 0 Å². The predicted molar refractivity (Wildman–Crippen MR) is 156 cm³/mol. The van der Waals surface area contributed by atoms with Crippen molar-refractivity contribution in [1.29, 1.82) is 0 Å². The van der Waals surface area contributed by atoms with Crippen LogP contribution in [0.2, 0.25) is 0 Å². The highest BCUT2D eigenvalue weighted by molar-refractivity contribution is 5.89. The van der Waals surface area contributed by atoms with Crippen LogP contribution in [0.15, 0.2) is 16.5 Å². The van der Waals surface area contributed by atoms with Gasteiger partial charge in [-0.25, -0.2) is 4.79 Å². The summed E-state index contributed by atoms with van der Waals surface area (Å²) in [5.41, 5.74) is 0. The molecule has 0 radical (unpaired) electrons. The first-order valence-corrected chi connectivity index (χ1v) is 16.4. The van der Waals surface area contributed by atoms with Gasteiger partial charge in [0.1, 0.15) is 0 Å². The number of furan rings is 1. The molecular weight excluding hydrogens is 490 g/mol. The fourth-order valence-corrected chi connectivity index (χ4v) is 6.32. The highest BCUT2D eigenvalue weighted by atomic mass is 16.6. The van der Waals surface area contributed by atoms with Crippen molar-refractivity contribution in [3.8, 4) is 5.95 Å². The molecule has 6 nitrogen and oxygen atoms in total. The molecule has 0 aliphatic heterocycles. The van der Waals surface area contributed by atoms with Gasteiger partial charge in [-0.05, 0) is 38.2 Å². The third-order valence-electron chi connectivity index (χ3n) is 8.58. The van der Waals surface area contributed by atoms with Crippen molar-refractivity contribution in [2.75, 3.05) is 13.2 Å². The Morgan fingerprint density at radius 3 is 1.79 bits per heavy atom. The van der Waals surface area contributed by atoms with Crippen LogP contribution in [0.5, 0.6) is 5.95 Å². The zero-order valence-corrected chi connectivity index (χ0v) is 24.8. The van der Waals surface area contributed by atoms with Crippen molar-refractivity contribution in [3.05, 3.63) is 17.9 Å². The molecule has 0 atom stereocenters. The number of esters is 1.